The van der Waals surface area contributed by atoms with Gasteiger partial charge in [0, 0.05) is 0 Å². The van der Waals surface area contributed by atoms with Crippen molar-refractivity contribution in [2.24, 2.45) is 5.92 Å². The van der Waals surface area contributed by atoms with Crippen molar-refractivity contribution in [2.75, 3.05) is 0 Å². The number of rotatable bonds is 1. The first-order valence-electron chi connectivity index (χ1n) is 25.5. The van der Waals surface area contributed by atoms with Crippen LogP contribution in [0.25, 0.3) is 291 Å². The van der Waals surface area contributed by atoms with Gasteiger partial charge in [0.1, 0.15) is 5.60 Å². The zero-order valence-electron chi connectivity index (χ0n) is 35.4. The van der Waals surface area contributed by atoms with Crippen molar-refractivity contribution in [3.8, 4) is 0 Å². The number of hydrogen-bond acceptors (Lipinski definition) is 2. The number of benzene rings is 18. The zero-order valence-corrected chi connectivity index (χ0v) is 35.4. The van der Waals surface area contributed by atoms with Gasteiger partial charge in [-0.15, -0.1) is 0 Å². The van der Waals surface area contributed by atoms with E-state index in [1.165, 1.54) is 0 Å². The van der Waals surface area contributed by atoms with Crippen molar-refractivity contribution in [1.29, 1.82) is 0 Å². The molecule has 0 saturated heterocycles. The van der Waals surface area contributed by atoms with Crippen LogP contribution < -0.4 is 0 Å². The molecule has 1 fully saturated rings. The Balaban J connectivity index is 1.20. The van der Waals surface area contributed by atoms with Crippen LogP contribution in [0.1, 0.15) is 43.0 Å². The van der Waals surface area contributed by atoms with Gasteiger partial charge in [-0.1, -0.05) is 0 Å². The Hall–Kier alpha value is -8.07. The zero-order chi connectivity index (χ0) is 40.8. The predicted molar refractivity (Wildman–Crippen MR) is 283 cm³/mol. The summed E-state index contributed by atoms with van der Waals surface area (Å²) in [7, 11) is 0. The molecule has 0 radical (unpaired) electrons. The summed E-state index contributed by atoms with van der Waals surface area (Å²) in [5, 5.41) is 86.0. The standard InChI is InChI=1S/C66H10O2/c1-64(2,3)68-63(67)62-65-58-50-42-32-22-14-6-4-5-8-12-10(6)18-26-20(12)30-24-16(8)17-9(5)13-11-7(4)15(14)23-29-19(11)27-21(13)31-25(17)35-34(24)44-38(30)48-40(26)46(36(42)28(18)22)54(58)56(48)60-52(44)53-45(35)39(31)49-41(27)47-37(29)43(33(23)32)51(50)59(65)55(47)57(49)61(53)66(60,62)65/h62H,1-3H3. The van der Waals surface area contributed by atoms with Crippen LogP contribution in [0.2, 0.25) is 0 Å². The van der Waals surface area contributed by atoms with E-state index in [9.17, 15) is 0 Å². The highest BCUT2D eigenvalue weighted by Gasteiger charge is 2.89. The molecule has 0 atom stereocenters. The fraction of sp³-hybridized carbons (Fsp3) is 0.106. The van der Waals surface area contributed by atoms with Gasteiger partial charge in [0.05, 0.1) is 16.7 Å². The van der Waals surface area contributed by atoms with Gasteiger partial charge >= 0.3 is 5.97 Å². The molecule has 1 saturated carbocycles. The van der Waals surface area contributed by atoms with E-state index in [1.54, 1.807) is 313 Å². The lowest BCUT2D eigenvalue weighted by atomic mass is 9.68. The van der Waals surface area contributed by atoms with Crippen LogP contribution in [0.4, 0.5) is 0 Å². The molecule has 2 nitrogen and oxygen atoms in total. The largest absolute Gasteiger partial charge is 0.460 e. The van der Waals surface area contributed by atoms with Crippen molar-refractivity contribution in [3.63, 3.8) is 0 Å². The summed E-state index contributed by atoms with van der Waals surface area (Å²) in [4.78, 5) is 16.3. The molecule has 28 aromatic carbocycles. The van der Waals surface area contributed by atoms with Gasteiger partial charge in [-0.25, -0.2) is 0 Å². The van der Waals surface area contributed by atoms with Crippen molar-refractivity contribution in [2.45, 2.75) is 37.2 Å². The highest BCUT2D eigenvalue weighted by atomic mass is 16.6. The van der Waals surface area contributed by atoms with E-state index in [1.807, 2.05) is 0 Å². The van der Waals surface area contributed by atoms with E-state index in [0.29, 0.717) is 0 Å². The lowest BCUT2D eigenvalue weighted by Gasteiger charge is -2.32. The van der Waals surface area contributed by atoms with E-state index >= 15 is 4.79 Å². The van der Waals surface area contributed by atoms with Gasteiger partial charge in [0.15, 0.2) is 0 Å². The summed E-state index contributed by atoms with van der Waals surface area (Å²) in [5.41, 5.74) is 4.61. The summed E-state index contributed by atoms with van der Waals surface area (Å²) >= 11 is 0. The topological polar surface area (TPSA) is 26.3 Å². The SMILES string of the molecule is CC(C)(C)OC(=O)C1C23c4c5c6c7c8c9c(c%10c%11c2c2c4c4c%12c5c5c6c6c8c8c%13c9c9c%10c%10c%11c%11c2c2c4c4c%12c%12c5c5c6c8c6c8c%13c9c9c%10c%10c%11c2c2c4c4c%12c5c6c5c8c9c%10c2c45)C713. The average Bonchev–Trinajstić information content (AvgIpc) is 4.33. The molecular formula is C66H10O2. The van der Waals surface area contributed by atoms with Crippen LogP contribution in [0, 0.1) is 5.92 Å². The maximum atomic E-state index is 16.3. The summed E-state index contributed by atoms with van der Waals surface area (Å²) in [6.45, 7) is 6.33. The van der Waals surface area contributed by atoms with Gasteiger partial charge in [-0.2, -0.15) is 0 Å². The van der Waals surface area contributed by atoms with E-state index in [2.05, 4.69) is 20.8 Å². The fourth-order valence-corrected chi connectivity index (χ4v) is 25.1. The molecule has 0 unspecified atom stereocenters. The molecular weight excluding hydrogens is 825 g/mol. The number of carbonyl (C=O) groups excluding carboxylic acids is 1. The van der Waals surface area contributed by atoms with Crippen LogP contribution in [-0.2, 0) is 20.4 Å². The van der Waals surface area contributed by atoms with E-state index < -0.39 is 16.4 Å². The minimum atomic E-state index is -0.601. The molecule has 0 bridgehead atoms. The molecule has 5 aliphatic carbocycles. The monoisotopic (exact) mass is 834 g/mol. The molecule has 5 aliphatic rings. The number of ether oxygens (including phenoxy) is 1. The number of hydrogen-bond donors (Lipinski definition) is 0. The molecule has 2 spiro atoms. The molecule has 286 valence electrons. The van der Waals surface area contributed by atoms with Crippen molar-refractivity contribution < 1.29 is 9.53 Å². The molecule has 0 aromatic heterocycles. The Labute approximate surface area is 369 Å². The van der Waals surface area contributed by atoms with Crippen LogP contribution in [0.15, 0.2) is 0 Å². The van der Waals surface area contributed by atoms with Gasteiger partial charge < -0.3 is 4.74 Å². The maximum Gasteiger partial charge on any atom is 0.312 e. The summed E-state index contributed by atoms with van der Waals surface area (Å²) in [6, 6.07) is 0. The Bertz CT molecular complexity index is 6600. The highest BCUT2D eigenvalue weighted by molar-refractivity contribution is 6.82. The second-order valence-electron chi connectivity index (χ2n) is 26.3. The third-order valence-electron chi connectivity index (χ3n) is 24.9. The van der Waals surface area contributed by atoms with Gasteiger partial charge in [0.2, 0.25) is 0 Å². The first kappa shape index (κ1) is 25.2. The van der Waals surface area contributed by atoms with Crippen LogP contribution in [0.5, 0.6) is 0 Å². The molecule has 0 aliphatic heterocycles. The first-order valence-corrected chi connectivity index (χ1v) is 25.5. The second-order valence-corrected chi connectivity index (χ2v) is 26.3. The molecule has 0 heterocycles. The Morgan fingerprint density at radius 2 is 0.368 bits per heavy atom. The molecule has 2 heteroatoms. The van der Waals surface area contributed by atoms with Crippen molar-refractivity contribution in [1.82, 2.24) is 0 Å². The molecule has 0 amide bonds. The molecule has 28 aromatic rings. The third kappa shape index (κ3) is 1.27. The Kier molecular flexibility index (Phi) is 2.01. The van der Waals surface area contributed by atoms with Gasteiger partial charge in [-0.3, -0.25) is 4.79 Å². The molecule has 0 N–H and O–H groups in total. The van der Waals surface area contributed by atoms with Gasteiger partial charge in [-0.05, 0) is 334 Å². The van der Waals surface area contributed by atoms with E-state index in [4.69, 9.17) is 4.74 Å². The average molecular weight is 835 g/mol. The van der Waals surface area contributed by atoms with Gasteiger partial charge in [0.25, 0.3) is 0 Å². The highest BCUT2D eigenvalue weighted by Crippen LogP contribution is 2.92. The lowest BCUT2D eigenvalue weighted by Crippen LogP contribution is -2.27. The Morgan fingerprint density at radius 3 is 0.485 bits per heavy atom. The third-order valence-corrected chi connectivity index (χ3v) is 24.9. The molecule has 68 heavy (non-hydrogen) atoms. The maximum absolute atomic E-state index is 16.3. The summed E-state index contributed by atoms with van der Waals surface area (Å²) in [6.07, 6.45) is 0. The summed E-state index contributed by atoms with van der Waals surface area (Å²) in [5.74, 6) is -0.282. The van der Waals surface area contributed by atoms with E-state index in [0.717, 1.165) is 0 Å². The minimum Gasteiger partial charge on any atom is -0.460 e. The van der Waals surface area contributed by atoms with Crippen LogP contribution >= 0.6 is 0 Å². The quantitative estimate of drug-likeness (QED) is 0.122. The lowest BCUT2D eigenvalue weighted by molar-refractivity contribution is -0.157. The normalized spacial score (nSPS) is 23.8. The Morgan fingerprint density at radius 1 is 0.250 bits per heavy atom. The summed E-state index contributed by atoms with van der Waals surface area (Å²) < 4.78 is 6.96. The number of carbonyl (C=O) groups is 1. The van der Waals surface area contributed by atoms with Crippen LogP contribution in [0.3, 0.4) is 0 Å². The smallest absolute Gasteiger partial charge is 0.312 e. The first-order chi connectivity index (χ1) is 33.5. The van der Waals surface area contributed by atoms with Crippen molar-refractivity contribution >= 4 is 297 Å². The van der Waals surface area contributed by atoms with E-state index in [-0.39, 0.29) is 11.9 Å². The predicted octanol–water partition coefficient (Wildman–Crippen LogP) is 17.3. The fourth-order valence-electron chi connectivity index (χ4n) is 25.1. The molecule has 33 rings (SSSR count). The second kappa shape index (κ2) is 5.42. The number of esters is 1. The van der Waals surface area contributed by atoms with Crippen LogP contribution in [-0.4, -0.2) is 11.6 Å². The van der Waals surface area contributed by atoms with Crippen molar-refractivity contribution in [3.05, 3.63) is 22.3 Å². The minimum absolute atomic E-state index is 0.0347.